The van der Waals surface area contributed by atoms with Crippen LogP contribution in [-0.4, -0.2) is 36.1 Å². The van der Waals surface area contributed by atoms with E-state index in [2.05, 4.69) is 25.4 Å². The van der Waals surface area contributed by atoms with Crippen LogP contribution in [0.3, 0.4) is 0 Å². The molecular weight excluding hydrogens is 405 g/mol. The normalized spacial score (nSPS) is 11.5. The van der Waals surface area contributed by atoms with Gasteiger partial charge < -0.3 is 5.32 Å². The highest BCUT2D eigenvalue weighted by atomic mass is 32.2. The summed E-state index contributed by atoms with van der Waals surface area (Å²) in [5, 5.41) is 6.71. The van der Waals surface area contributed by atoms with Crippen LogP contribution in [0.2, 0.25) is 0 Å². The molecule has 0 bridgehead atoms. The Balaban J connectivity index is 1.76. The number of halogens is 3. The minimum absolute atomic E-state index is 0.00810. The Kier molecular flexibility index (Phi) is 6.16. The lowest BCUT2D eigenvalue weighted by Crippen LogP contribution is -2.25. The molecular formula is C18H17F3N6OS. The van der Waals surface area contributed by atoms with Crippen LogP contribution in [0.25, 0.3) is 5.95 Å². The first kappa shape index (κ1) is 20.8. The molecule has 0 aliphatic heterocycles. The van der Waals surface area contributed by atoms with Crippen molar-refractivity contribution in [3.05, 3.63) is 59.4 Å². The van der Waals surface area contributed by atoms with E-state index < -0.39 is 11.4 Å². The number of benzene rings is 1. The van der Waals surface area contributed by atoms with Crippen molar-refractivity contribution < 1.29 is 18.0 Å². The number of carbonyl (C=O) groups excluding carboxylic acids is 1. The van der Waals surface area contributed by atoms with Crippen LogP contribution in [0.4, 0.5) is 13.2 Å². The highest BCUT2D eigenvalue weighted by molar-refractivity contribution is 8.00. The summed E-state index contributed by atoms with van der Waals surface area (Å²) in [6.07, 6.45) is 5.07. The molecule has 7 nitrogen and oxygen atoms in total. The van der Waals surface area contributed by atoms with E-state index in [1.165, 1.54) is 23.1 Å². The Bertz CT molecular complexity index is 1000. The van der Waals surface area contributed by atoms with Gasteiger partial charge in [0.1, 0.15) is 6.33 Å². The Labute approximate surface area is 168 Å². The molecule has 0 spiro atoms. The van der Waals surface area contributed by atoms with Gasteiger partial charge in [-0.3, -0.25) is 4.79 Å². The topological polar surface area (TPSA) is 85.6 Å². The van der Waals surface area contributed by atoms with Crippen molar-refractivity contribution in [2.24, 2.45) is 0 Å². The van der Waals surface area contributed by atoms with Crippen LogP contribution >= 0.6 is 11.8 Å². The molecule has 2 heterocycles. The first-order chi connectivity index (χ1) is 13.7. The number of carbonyl (C=O) groups is 1. The van der Waals surface area contributed by atoms with Gasteiger partial charge in [0.05, 0.1) is 6.54 Å². The van der Waals surface area contributed by atoms with Crippen LogP contribution in [0, 0.1) is 6.92 Å². The number of hydrogen-bond acceptors (Lipinski definition) is 6. The summed E-state index contributed by atoms with van der Waals surface area (Å²) in [5.74, 6) is 0.177. The summed E-state index contributed by atoms with van der Waals surface area (Å²) in [5.41, 5.74) is -2.76. The Morgan fingerprint density at radius 2 is 1.90 bits per heavy atom. The number of aryl methyl sites for hydroxylation is 2. The SMILES string of the molecule is CCc1cc(SC(F)(F)F)cc(C(=O)NCc2ncnn2-c2ncc(C)cn2)c1. The van der Waals surface area contributed by atoms with Crippen molar-refractivity contribution in [1.82, 2.24) is 30.0 Å². The minimum atomic E-state index is -4.43. The summed E-state index contributed by atoms with van der Waals surface area (Å²) >= 11 is -0.244. The van der Waals surface area contributed by atoms with Gasteiger partial charge in [-0.2, -0.15) is 23.0 Å². The van der Waals surface area contributed by atoms with E-state index in [4.69, 9.17) is 0 Å². The van der Waals surface area contributed by atoms with Crippen molar-refractivity contribution in [1.29, 1.82) is 0 Å². The summed E-state index contributed by atoms with van der Waals surface area (Å²) < 4.78 is 39.5. The molecule has 152 valence electrons. The fourth-order valence-electron chi connectivity index (χ4n) is 2.50. The van der Waals surface area contributed by atoms with E-state index in [1.54, 1.807) is 18.5 Å². The van der Waals surface area contributed by atoms with Gasteiger partial charge >= 0.3 is 5.51 Å². The average Bonchev–Trinajstić information content (AvgIpc) is 3.13. The first-order valence-electron chi connectivity index (χ1n) is 8.61. The second-order valence-corrected chi connectivity index (χ2v) is 7.24. The van der Waals surface area contributed by atoms with Gasteiger partial charge in [0, 0.05) is 22.9 Å². The monoisotopic (exact) mass is 422 g/mol. The number of thioether (sulfide) groups is 1. The van der Waals surface area contributed by atoms with Gasteiger partial charge in [-0.1, -0.05) is 6.92 Å². The maximum Gasteiger partial charge on any atom is 0.446 e. The van der Waals surface area contributed by atoms with Crippen LogP contribution in [-0.2, 0) is 13.0 Å². The fraction of sp³-hybridized carbons (Fsp3) is 0.278. The van der Waals surface area contributed by atoms with E-state index in [-0.39, 0.29) is 28.8 Å². The lowest BCUT2D eigenvalue weighted by Gasteiger charge is -2.11. The second kappa shape index (κ2) is 8.60. The smallest absolute Gasteiger partial charge is 0.345 e. The second-order valence-electron chi connectivity index (χ2n) is 6.10. The highest BCUT2D eigenvalue weighted by Crippen LogP contribution is 2.37. The molecule has 11 heteroatoms. The van der Waals surface area contributed by atoms with Gasteiger partial charge in [0.15, 0.2) is 5.82 Å². The third-order valence-corrected chi connectivity index (χ3v) is 4.56. The number of nitrogens with zero attached hydrogens (tertiary/aromatic N) is 5. The van der Waals surface area contributed by atoms with Crippen molar-refractivity contribution in [3.63, 3.8) is 0 Å². The van der Waals surface area contributed by atoms with Gasteiger partial charge in [-0.25, -0.2) is 15.0 Å². The Hall–Kier alpha value is -2.95. The molecule has 0 saturated heterocycles. The zero-order valence-corrected chi connectivity index (χ0v) is 16.4. The van der Waals surface area contributed by atoms with E-state index in [0.717, 1.165) is 5.56 Å². The van der Waals surface area contributed by atoms with Crippen molar-refractivity contribution in [2.75, 3.05) is 0 Å². The van der Waals surface area contributed by atoms with Crippen LogP contribution in [0.15, 0.2) is 41.8 Å². The predicted molar refractivity (Wildman–Crippen MR) is 101 cm³/mol. The van der Waals surface area contributed by atoms with E-state index in [1.807, 2.05) is 13.8 Å². The fourth-order valence-corrected chi connectivity index (χ4v) is 3.16. The number of aromatic nitrogens is 5. The number of rotatable bonds is 6. The molecule has 3 aromatic rings. The zero-order valence-electron chi connectivity index (χ0n) is 15.6. The van der Waals surface area contributed by atoms with Crippen molar-refractivity contribution >= 4 is 17.7 Å². The minimum Gasteiger partial charge on any atom is -0.345 e. The maximum atomic E-state index is 12.7. The van der Waals surface area contributed by atoms with E-state index >= 15 is 0 Å². The average molecular weight is 422 g/mol. The third-order valence-electron chi connectivity index (χ3n) is 3.85. The summed E-state index contributed by atoms with van der Waals surface area (Å²) in [7, 11) is 0. The molecule has 0 radical (unpaired) electrons. The number of hydrogen-bond donors (Lipinski definition) is 1. The molecule has 1 N–H and O–H groups in total. The van der Waals surface area contributed by atoms with Gasteiger partial charge in [-0.05, 0) is 54.4 Å². The van der Waals surface area contributed by atoms with Gasteiger partial charge in [-0.15, -0.1) is 0 Å². The molecule has 2 aromatic heterocycles. The standard InChI is InChI=1S/C18H17F3N6OS/c1-3-12-4-13(6-14(5-12)29-18(19,20)21)16(28)22-9-15-25-10-26-27(15)17-23-7-11(2)8-24-17/h4-8,10H,3,9H2,1-2H3,(H,22,28). The summed E-state index contributed by atoms with van der Waals surface area (Å²) in [4.78, 5) is 24.9. The van der Waals surface area contributed by atoms with Crippen molar-refractivity contribution in [2.45, 2.75) is 37.2 Å². The molecule has 0 atom stereocenters. The Morgan fingerprint density at radius 1 is 1.17 bits per heavy atom. The highest BCUT2D eigenvalue weighted by Gasteiger charge is 2.29. The molecule has 1 aromatic carbocycles. The molecule has 3 rings (SSSR count). The molecule has 0 fully saturated rings. The quantitative estimate of drug-likeness (QED) is 0.613. The lowest BCUT2D eigenvalue weighted by molar-refractivity contribution is -0.0328. The van der Waals surface area contributed by atoms with Gasteiger partial charge in [0.2, 0.25) is 0 Å². The molecule has 0 saturated carbocycles. The maximum absolute atomic E-state index is 12.7. The van der Waals surface area contributed by atoms with Crippen molar-refractivity contribution in [3.8, 4) is 5.95 Å². The van der Waals surface area contributed by atoms with Crippen LogP contribution < -0.4 is 5.32 Å². The zero-order chi connectivity index (χ0) is 21.0. The van der Waals surface area contributed by atoms with E-state index in [0.29, 0.717) is 23.8 Å². The number of amides is 1. The van der Waals surface area contributed by atoms with Crippen LogP contribution in [0.5, 0.6) is 0 Å². The first-order valence-corrected chi connectivity index (χ1v) is 9.42. The number of nitrogens with one attached hydrogen (secondary N) is 1. The van der Waals surface area contributed by atoms with Crippen LogP contribution in [0.1, 0.15) is 34.2 Å². The molecule has 1 amide bonds. The number of alkyl halides is 3. The largest absolute Gasteiger partial charge is 0.446 e. The lowest BCUT2D eigenvalue weighted by atomic mass is 10.1. The van der Waals surface area contributed by atoms with E-state index in [9.17, 15) is 18.0 Å². The summed E-state index contributed by atoms with van der Waals surface area (Å²) in [6, 6.07) is 4.23. The third kappa shape index (κ3) is 5.53. The molecule has 29 heavy (non-hydrogen) atoms. The molecule has 0 aliphatic rings. The van der Waals surface area contributed by atoms with Gasteiger partial charge in [0.25, 0.3) is 11.9 Å². The molecule has 0 aliphatic carbocycles. The predicted octanol–water partition coefficient (Wildman–Crippen LogP) is 3.47. The summed E-state index contributed by atoms with van der Waals surface area (Å²) in [6.45, 7) is 3.67. The Morgan fingerprint density at radius 3 is 2.55 bits per heavy atom. The molecule has 0 unspecified atom stereocenters.